The molecule has 0 aromatic heterocycles. The summed E-state index contributed by atoms with van der Waals surface area (Å²) in [5, 5.41) is 0. The van der Waals surface area contributed by atoms with Gasteiger partial charge in [0.1, 0.15) is 0 Å². The van der Waals surface area contributed by atoms with Gasteiger partial charge in [-0.3, -0.25) is 4.57 Å². The van der Waals surface area contributed by atoms with Crippen LogP contribution in [0, 0.1) is 0 Å². The number of methoxy groups -OCH3 is 1. The molecular weight excluding hydrogens is 357 g/mol. The first-order valence-electron chi connectivity index (χ1n) is 4.34. The Labute approximate surface area is 107 Å². The monoisotopic (exact) mass is 372 g/mol. The molecule has 1 atom stereocenters. The highest BCUT2D eigenvalue weighted by Gasteiger charge is 2.11. The van der Waals surface area contributed by atoms with Crippen molar-refractivity contribution in [2.24, 2.45) is 0 Å². The van der Waals surface area contributed by atoms with Crippen molar-refractivity contribution in [3.63, 3.8) is 0 Å². The van der Waals surface area contributed by atoms with E-state index in [1.54, 1.807) is 29.2 Å². The number of halogens is 2. The van der Waals surface area contributed by atoms with Gasteiger partial charge in [-0.2, -0.15) is 0 Å². The molecular formula is C7H15ClIO5P. The molecule has 0 aliphatic carbocycles. The van der Waals surface area contributed by atoms with Gasteiger partial charge in [-0.1, -0.05) is 0 Å². The predicted molar refractivity (Wildman–Crippen MR) is 66.9 cm³/mol. The molecule has 0 radical (unpaired) electrons. The Balaban J connectivity index is 3.02. The van der Waals surface area contributed by atoms with Gasteiger partial charge in [0.15, 0.2) is 0 Å². The molecule has 15 heavy (non-hydrogen) atoms. The number of hydrogen-bond acceptors (Lipinski definition) is 5. The number of ether oxygens (including phenoxy) is 3. The van der Waals surface area contributed by atoms with Gasteiger partial charge in [-0.25, -0.2) is 0 Å². The zero-order valence-corrected chi connectivity index (χ0v) is 12.3. The maximum absolute atomic E-state index is 10.9. The van der Waals surface area contributed by atoms with Crippen molar-refractivity contribution < 1.29 is 23.3 Å². The van der Waals surface area contributed by atoms with Gasteiger partial charge in [-0.05, 0) is 11.2 Å². The van der Waals surface area contributed by atoms with Crippen molar-refractivity contribution in [1.82, 2.24) is 0 Å². The maximum Gasteiger partial charge on any atom is 0.347 e. The second-order valence-electron chi connectivity index (χ2n) is 2.47. The minimum Gasteiger partial charge on any atom is -0.382 e. The van der Waals surface area contributed by atoms with Gasteiger partial charge in [0.05, 0.1) is 39.6 Å². The third-order valence-electron chi connectivity index (χ3n) is 1.27. The Hall–Kier alpha value is 1.09. The van der Waals surface area contributed by atoms with Crippen LogP contribution < -0.4 is 0 Å². The summed E-state index contributed by atoms with van der Waals surface area (Å²) in [5.74, 6) is 0. The summed E-state index contributed by atoms with van der Waals surface area (Å²) in [6, 6.07) is 0. The van der Waals surface area contributed by atoms with Crippen LogP contribution in [0.25, 0.3) is 0 Å². The predicted octanol–water partition coefficient (Wildman–Crippen LogP) is 2.46. The highest BCUT2D eigenvalue weighted by Crippen LogP contribution is 2.60. The van der Waals surface area contributed by atoms with Crippen LogP contribution >= 0.6 is 37.6 Å². The molecule has 0 aromatic rings. The summed E-state index contributed by atoms with van der Waals surface area (Å²) in [4.78, 5) is 0. The first-order chi connectivity index (χ1) is 7.06. The molecule has 5 nitrogen and oxygen atoms in total. The first-order valence-corrected chi connectivity index (χ1v) is 9.66. The quantitative estimate of drug-likeness (QED) is 0.335. The van der Waals surface area contributed by atoms with E-state index in [-0.39, 0.29) is 6.61 Å². The zero-order valence-electron chi connectivity index (χ0n) is 8.49. The maximum atomic E-state index is 10.9. The lowest BCUT2D eigenvalue weighted by Gasteiger charge is -2.06. The van der Waals surface area contributed by atoms with E-state index in [9.17, 15) is 4.57 Å². The smallest absolute Gasteiger partial charge is 0.347 e. The summed E-state index contributed by atoms with van der Waals surface area (Å²) in [6.07, 6.45) is 0. The van der Waals surface area contributed by atoms with E-state index in [1.165, 1.54) is 0 Å². The molecule has 0 bridgehead atoms. The van der Waals surface area contributed by atoms with Gasteiger partial charge in [0, 0.05) is 29.2 Å². The second-order valence-corrected chi connectivity index (χ2v) is 10.4. The summed E-state index contributed by atoms with van der Waals surface area (Å²) in [7, 11) is 1.62. The molecule has 0 fully saturated rings. The normalized spacial score (nSPS) is 15.1. The number of hydrogen-bond donors (Lipinski definition) is 0. The Morgan fingerprint density at radius 2 is 1.53 bits per heavy atom. The largest absolute Gasteiger partial charge is 0.382 e. The fourth-order valence-electron chi connectivity index (χ4n) is 0.667. The lowest BCUT2D eigenvalue weighted by atomic mass is 10.7. The van der Waals surface area contributed by atoms with E-state index >= 15 is 0 Å². The molecule has 1 unspecified atom stereocenters. The van der Waals surface area contributed by atoms with Gasteiger partial charge in [0.25, 0.3) is 0 Å². The lowest BCUT2D eigenvalue weighted by molar-refractivity contribution is 0.0187. The third-order valence-corrected chi connectivity index (χ3v) is 2.88. The van der Waals surface area contributed by atoms with Crippen LogP contribution in [0.1, 0.15) is 0 Å². The van der Waals surface area contributed by atoms with Gasteiger partial charge < -0.3 is 18.7 Å². The van der Waals surface area contributed by atoms with Crippen LogP contribution in [0.2, 0.25) is 0 Å². The van der Waals surface area contributed by atoms with Crippen LogP contribution in [-0.4, -0.2) is 46.8 Å². The standard InChI is InChI=1S/C7H15ClIO5P/c1-11-2-3-12-4-5-13-6-7-14-15(8,9)10/h2-7H2,1H3. The summed E-state index contributed by atoms with van der Waals surface area (Å²) in [6.45, 7) is 2.69. The molecule has 0 N–H and O–H groups in total. The van der Waals surface area contributed by atoms with Crippen molar-refractivity contribution in [3.8, 4) is 0 Å². The average Bonchev–Trinajstić information content (AvgIpc) is 2.14. The molecule has 0 spiro atoms. The van der Waals surface area contributed by atoms with E-state index in [0.717, 1.165) is 0 Å². The fourth-order valence-corrected chi connectivity index (χ4v) is 1.75. The number of rotatable bonds is 10. The third kappa shape index (κ3) is 15.1. The minimum absolute atomic E-state index is 0.224. The molecule has 0 saturated heterocycles. The molecule has 0 aromatic carbocycles. The van der Waals surface area contributed by atoms with E-state index < -0.39 is 4.36 Å². The summed E-state index contributed by atoms with van der Waals surface area (Å²) >= 11 is 6.92. The van der Waals surface area contributed by atoms with E-state index in [4.69, 9.17) is 30.0 Å². The van der Waals surface area contributed by atoms with E-state index in [1.807, 2.05) is 0 Å². The highest BCUT2D eigenvalue weighted by atomic mass is 127. The Morgan fingerprint density at radius 1 is 1.07 bits per heavy atom. The Morgan fingerprint density at radius 3 is 2.00 bits per heavy atom. The zero-order chi connectivity index (χ0) is 11.6. The van der Waals surface area contributed by atoms with Crippen LogP contribution in [0.4, 0.5) is 0 Å². The highest BCUT2D eigenvalue weighted by molar-refractivity contribution is 14.2. The fraction of sp³-hybridized carbons (Fsp3) is 1.00. The van der Waals surface area contributed by atoms with Crippen molar-refractivity contribution in [1.29, 1.82) is 0 Å². The van der Waals surface area contributed by atoms with E-state index in [0.29, 0.717) is 33.0 Å². The van der Waals surface area contributed by atoms with Gasteiger partial charge in [0.2, 0.25) is 0 Å². The molecule has 8 heteroatoms. The van der Waals surface area contributed by atoms with Gasteiger partial charge in [-0.15, -0.1) is 0 Å². The summed E-state index contributed by atoms with van der Waals surface area (Å²) in [5.41, 5.74) is 0. The molecule has 0 aliphatic rings. The van der Waals surface area contributed by atoms with Crippen molar-refractivity contribution in [3.05, 3.63) is 0 Å². The van der Waals surface area contributed by atoms with E-state index in [2.05, 4.69) is 0 Å². The minimum atomic E-state index is -2.92. The van der Waals surface area contributed by atoms with Crippen molar-refractivity contribution in [2.75, 3.05) is 46.8 Å². The summed E-state index contributed by atoms with van der Waals surface area (Å²) < 4.78 is 27.8. The molecule has 92 valence electrons. The first kappa shape index (κ1) is 16.1. The SMILES string of the molecule is COCCOCCOCCOP(=O)(Cl)I. The second kappa shape index (κ2) is 10.3. The van der Waals surface area contributed by atoms with Crippen molar-refractivity contribution in [2.45, 2.75) is 0 Å². The topological polar surface area (TPSA) is 54.0 Å². The van der Waals surface area contributed by atoms with Crippen LogP contribution in [-0.2, 0) is 23.3 Å². The van der Waals surface area contributed by atoms with Crippen molar-refractivity contribution >= 4 is 37.6 Å². The van der Waals surface area contributed by atoms with Crippen LogP contribution in [0.3, 0.4) is 0 Å². The molecule has 0 heterocycles. The van der Waals surface area contributed by atoms with Gasteiger partial charge >= 0.3 is 4.36 Å². The Kier molecular flexibility index (Phi) is 11.0. The molecule has 0 aliphatic heterocycles. The Bertz CT molecular complexity index is 188. The average molecular weight is 373 g/mol. The van der Waals surface area contributed by atoms with Crippen LogP contribution in [0.15, 0.2) is 0 Å². The van der Waals surface area contributed by atoms with Crippen LogP contribution in [0.5, 0.6) is 0 Å². The molecule has 0 saturated carbocycles. The molecule has 0 rings (SSSR count). The molecule has 0 amide bonds. The lowest BCUT2D eigenvalue weighted by Crippen LogP contribution is -2.10.